The van der Waals surface area contributed by atoms with Crippen LogP contribution >= 0.6 is 11.6 Å². The number of amides is 1. The Hall–Kier alpha value is -2.39. The molecular weight excluding hydrogens is 456 g/mol. The molecule has 0 bridgehead atoms. The fourth-order valence-corrected chi connectivity index (χ4v) is 5.20. The van der Waals surface area contributed by atoms with Gasteiger partial charge in [0.25, 0.3) is 0 Å². The number of ether oxygens (including phenoxy) is 3. The van der Waals surface area contributed by atoms with Crippen molar-refractivity contribution in [2.75, 3.05) is 46.2 Å². The van der Waals surface area contributed by atoms with Crippen molar-refractivity contribution < 1.29 is 19.0 Å². The summed E-state index contributed by atoms with van der Waals surface area (Å²) in [6, 6.07) is 10.1. The van der Waals surface area contributed by atoms with E-state index in [0.717, 1.165) is 49.5 Å². The molecule has 0 radical (unpaired) electrons. The normalized spacial score (nSPS) is 21.3. The molecule has 1 N–H and O–H groups in total. The second-order valence-electron chi connectivity index (χ2n) is 8.92. The molecule has 3 aliphatic rings. The van der Waals surface area contributed by atoms with E-state index >= 15 is 0 Å². The Morgan fingerprint density at radius 2 is 2.00 bits per heavy atom. The maximum Gasteiger partial charge on any atom is 0.231 e. The number of fused-ring (bicyclic) bond motifs is 1. The van der Waals surface area contributed by atoms with E-state index in [1.54, 1.807) is 0 Å². The molecule has 2 fully saturated rings. The fraction of sp³-hybridized carbons (Fsp3) is 0.520. The van der Waals surface area contributed by atoms with Gasteiger partial charge in [0.2, 0.25) is 12.7 Å². The van der Waals surface area contributed by atoms with E-state index in [0.29, 0.717) is 43.5 Å². The van der Waals surface area contributed by atoms with Crippen molar-refractivity contribution in [1.29, 1.82) is 0 Å². The van der Waals surface area contributed by atoms with Gasteiger partial charge in [-0.25, -0.2) is 0 Å². The molecule has 2 aromatic rings. The molecule has 2 atom stereocenters. The van der Waals surface area contributed by atoms with Gasteiger partial charge in [-0.3, -0.25) is 14.7 Å². The summed E-state index contributed by atoms with van der Waals surface area (Å²) in [5.74, 6) is 1.66. The van der Waals surface area contributed by atoms with E-state index in [2.05, 4.69) is 26.2 Å². The van der Waals surface area contributed by atoms with Crippen LogP contribution in [0.1, 0.15) is 36.6 Å². The number of halogens is 1. The largest absolute Gasteiger partial charge is 0.454 e. The average Bonchev–Trinajstić information content (AvgIpc) is 3.47. The number of benzene rings is 1. The smallest absolute Gasteiger partial charge is 0.231 e. The summed E-state index contributed by atoms with van der Waals surface area (Å²) in [6.07, 6.45) is 4.23. The Morgan fingerprint density at radius 3 is 2.79 bits per heavy atom. The summed E-state index contributed by atoms with van der Waals surface area (Å²) in [7, 11) is 0. The summed E-state index contributed by atoms with van der Waals surface area (Å²) in [6.45, 7) is 5.47. The predicted octanol–water partition coefficient (Wildman–Crippen LogP) is 3.01. The van der Waals surface area contributed by atoms with Crippen LogP contribution in [0.2, 0.25) is 5.02 Å². The first-order valence-corrected chi connectivity index (χ1v) is 12.4. The van der Waals surface area contributed by atoms with Crippen LogP contribution in [0, 0.1) is 0 Å². The minimum atomic E-state index is 0.0787. The highest BCUT2D eigenvalue weighted by atomic mass is 35.5. The molecule has 1 amide bonds. The van der Waals surface area contributed by atoms with Crippen LogP contribution in [0.3, 0.4) is 0 Å². The van der Waals surface area contributed by atoms with Gasteiger partial charge in [-0.05, 0) is 43.1 Å². The van der Waals surface area contributed by atoms with Gasteiger partial charge in [0.15, 0.2) is 11.5 Å². The highest BCUT2D eigenvalue weighted by Crippen LogP contribution is 2.36. The molecule has 34 heavy (non-hydrogen) atoms. The predicted molar refractivity (Wildman–Crippen MR) is 128 cm³/mol. The van der Waals surface area contributed by atoms with Gasteiger partial charge in [-0.1, -0.05) is 17.7 Å². The van der Waals surface area contributed by atoms with Gasteiger partial charge < -0.3 is 24.4 Å². The monoisotopic (exact) mass is 486 g/mol. The van der Waals surface area contributed by atoms with Crippen molar-refractivity contribution >= 4 is 17.5 Å². The lowest BCUT2D eigenvalue weighted by Gasteiger charge is -2.37. The zero-order chi connectivity index (χ0) is 23.3. The number of hydrogen-bond donors (Lipinski definition) is 1. The minimum Gasteiger partial charge on any atom is -0.454 e. The molecule has 2 saturated heterocycles. The molecule has 182 valence electrons. The van der Waals surface area contributed by atoms with Crippen LogP contribution in [0.4, 0.5) is 0 Å². The number of carbonyl (C=O) groups is 1. The number of morpholine rings is 1. The van der Waals surface area contributed by atoms with Gasteiger partial charge in [0.05, 0.1) is 24.9 Å². The topological polar surface area (TPSA) is 76.2 Å². The van der Waals surface area contributed by atoms with E-state index < -0.39 is 0 Å². The Morgan fingerprint density at radius 1 is 1.18 bits per heavy atom. The van der Waals surface area contributed by atoms with Crippen molar-refractivity contribution in [1.82, 2.24) is 20.1 Å². The van der Waals surface area contributed by atoms with Gasteiger partial charge in [-0.2, -0.15) is 0 Å². The van der Waals surface area contributed by atoms with Crippen LogP contribution in [0.5, 0.6) is 11.5 Å². The quantitative estimate of drug-likeness (QED) is 0.546. The van der Waals surface area contributed by atoms with Gasteiger partial charge in [0.1, 0.15) is 0 Å². The maximum atomic E-state index is 12.8. The highest BCUT2D eigenvalue weighted by Gasteiger charge is 2.35. The zero-order valence-corrected chi connectivity index (χ0v) is 20.0. The third-order valence-electron chi connectivity index (χ3n) is 6.85. The Kier molecular flexibility index (Phi) is 7.49. The van der Waals surface area contributed by atoms with E-state index in [1.165, 1.54) is 0 Å². The van der Waals surface area contributed by atoms with E-state index in [-0.39, 0.29) is 24.8 Å². The number of pyridine rings is 1. The summed E-state index contributed by atoms with van der Waals surface area (Å²) in [5, 5.41) is 4.15. The molecule has 4 heterocycles. The first-order chi connectivity index (χ1) is 16.7. The molecule has 0 spiro atoms. The van der Waals surface area contributed by atoms with Gasteiger partial charge in [-0.15, -0.1) is 0 Å². The molecular formula is C25H31ClN4O4. The number of nitrogens with one attached hydrogen (secondary N) is 1. The fourth-order valence-electron chi connectivity index (χ4n) is 4.98. The van der Waals surface area contributed by atoms with Crippen molar-refractivity contribution in [2.45, 2.75) is 37.9 Å². The van der Waals surface area contributed by atoms with Crippen molar-refractivity contribution in [3.8, 4) is 11.5 Å². The Bertz CT molecular complexity index is 986. The van der Waals surface area contributed by atoms with E-state index in [4.69, 9.17) is 25.8 Å². The molecule has 9 heteroatoms. The van der Waals surface area contributed by atoms with Crippen LogP contribution in [-0.4, -0.2) is 72.9 Å². The van der Waals surface area contributed by atoms with Gasteiger partial charge in [0, 0.05) is 55.9 Å². The first-order valence-electron chi connectivity index (χ1n) is 12.0. The Labute approximate surface area is 205 Å². The van der Waals surface area contributed by atoms with Crippen molar-refractivity contribution in [3.63, 3.8) is 0 Å². The summed E-state index contributed by atoms with van der Waals surface area (Å²) >= 11 is 6.40. The second kappa shape index (κ2) is 10.9. The molecule has 1 aromatic carbocycles. The lowest BCUT2D eigenvalue weighted by Crippen LogP contribution is -2.46. The molecule has 5 rings (SSSR count). The van der Waals surface area contributed by atoms with Crippen LogP contribution in [0.15, 0.2) is 36.5 Å². The number of nitrogens with zero attached hydrogens (tertiary/aromatic N) is 3. The highest BCUT2D eigenvalue weighted by molar-refractivity contribution is 6.31. The minimum absolute atomic E-state index is 0.0787. The zero-order valence-electron chi connectivity index (χ0n) is 19.2. The van der Waals surface area contributed by atoms with Gasteiger partial charge >= 0.3 is 0 Å². The molecule has 3 aliphatic heterocycles. The molecule has 0 saturated carbocycles. The number of carbonyl (C=O) groups excluding carboxylic acids is 1. The number of hydrogen-bond acceptors (Lipinski definition) is 7. The van der Waals surface area contributed by atoms with Crippen LogP contribution in [-0.2, 0) is 16.1 Å². The molecule has 8 nitrogen and oxygen atoms in total. The summed E-state index contributed by atoms with van der Waals surface area (Å²) in [4.78, 5) is 21.9. The lowest BCUT2D eigenvalue weighted by atomic mass is 10.1. The molecule has 0 unspecified atom stereocenters. The van der Waals surface area contributed by atoms with Crippen molar-refractivity contribution in [3.05, 3.63) is 52.8 Å². The summed E-state index contributed by atoms with van der Waals surface area (Å²) < 4.78 is 16.4. The summed E-state index contributed by atoms with van der Waals surface area (Å²) in [5.41, 5.74) is 1.99. The molecule has 1 aromatic heterocycles. The average molecular weight is 487 g/mol. The first kappa shape index (κ1) is 23.4. The second-order valence-corrected chi connectivity index (χ2v) is 9.33. The number of aromatic nitrogens is 1. The van der Waals surface area contributed by atoms with Crippen LogP contribution < -0.4 is 14.8 Å². The van der Waals surface area contributed by atoms with Crippen LogP contribution in [0.25, 0.3) is 0 Å². The number of rotatable bonds is 9. The third kappa shape index (κ3) is 5.30. The van der Waals surface area contributed by atoms with E-state index in [9.17, 15) is 4.79 Å². The standard InChI is InChI=1S/C25H31ClN4O4/c26-20-14-24-23(33-17-34-24)13-18(20)15-27-8-6-19-4-5-25(31)30(19)16-22(21-3-1-2-7-28-21)29-9-11-32-12-10-29/h1-3,7,13-14,19,22,27H,4-6,8-12,15-17H2/t19-,22+/m1/s1. The Balaban J connectivity index is 1.19. The van der Waals surface area contributed by atoms with Crippen molar-refractivity contribution in [2.24, 2.45) is 0 Å². The third-order valence-corrected chi connectivity index (χ3v) is 7.20. The SMILES string of the molecule is O=C1CC[C@H](CCNCc2cc3c(cc2Cl)OCO3)N1C[C@@H](c1ccccn1)N1CCOCC1. The number of likely N-dealkylation sites (tertiary alicyclic amines) is 1. The molecule has 0 aliphatic carbocycles. The lowest BCUT2D eigenvalue weighted by molar-refractivity contribution is -0.130. The maximum absolute atomic E-state index is 12.8. The van der Waals surface area contributed by atoms with E-state index in [1.807, 2.05) is 30.5 Å².